The van der Waals surface area contributed by atoms with Crippen LogP contribution in [-0.2, 0) is 6.18 Å². The van der Waals surface area contributed by atoms with Crippen LogP contribution in [-0.4, -0.2) is 15.8 Å². The van der Waals surface area contributed by atoms with Gasteiger partial charge in [0.2, 0.25) is 0 Å². The Balaban J connectivity index is 1.62. The summed E-state index contributed by atoms with van der Waals surface area (Å²) in [5.41, 5.74) is 3.92. The Morgan fingerprint density at radius 1 is 0.967 bits per heavy atom. The van der Waals surface area contributed by atoms with Crippen molar-refractivity contribution < 1.29 is 18.0 Å². The number of rotatable bonds is 4. The minimum atomic E-state index is -4.35. The molecule has 0 saturated carbocycles. The van der Waals surface area contributed by atoms with Crippen molar-refractivity contribution in [2.45, 2.75) is 13.1 Å². The van der Waals surface area contributed by atoms with E-state index < -0.39 is 11.7 Å². The molecule has 0 saturated heterocycles. The van der Waals surface area contributed by atoms with E-state index in [1.54, 1.807) is 18.2 Å². The fourth-order valence-electron chi connectivity index (χ4n) is 3.28. The van der Waals surface area contributed by atoms with Crippen LogP contribution in [0.2, 0.25) is 0 Å². The third-order valence-electron chi connectivity index (χ3n) is 4.79. The third kappa shape index (κ3) is 4.03. The molecule has 0 aliphatic heterocycles. The maximum absolute atomic E-state index is 12.7. The predicted octanol–water partition coefficient (Wildman–Crippen LogP) is 6.62. The van der Waals surface area contributed by atoms with E-state index in [9.17, 15) is 18.0 Å². The summed E-state index contributed by atoms with van der Waals surface area (Å²) in [6.45, 7) is 1.54. The molecule has 1 aromatic heterocycles. The maximum atomic E-state index is 12.7. The van der Waals surface area contributed by atoms with Crippen LogP contribution in [0.4, 0.5) is 13.2 Å². The van der Waals surface area contributed by atoms with Gasteiger partial charge in [-0.3, -0.25) is 4.79 Å². The minimum absolute atomic E-state index is 0.00419. The van der Waals surface area contributed by atoms with Crippen molar-refractivity contribution in [2.75, 3.05) is 0 Å². The van der Waals surface area contributed by atoms with Gasteiger partial charge in [0.1, 0.15) is 5.82 Å². The lowest BCUT2D eigenvalue weighted by Gasteiger charge is -2.06. The molecule has 0 amide bonds. The van der Waals surface area contributed by atoms with Crippen molar-refractivity contribution in [2.24, 2.45) is 0 Å². The van der Waals surface area contributed by atoms with E-state index in [1.165, 1.54) is 19.1 Å². The number of fused-ring (bicyclic) bond motifs is 1. The van der Waals surface area contributed by atoms with E-state index in [0.717, 1.165) is 34.3 Å². The van der Waals surface area contributed by atoms with Gasteiger partial charge in [-0.2, -0.15) is 13.2 Å². The molecule has 1 heterocycles. The maximum Gasteiger partial charge on any atom is 0.416 e. The molecule has 0 spiro atoms. The topological polar surface area (TPSA) is 45.8 Å². The number of Topliss-reactive ketones (excluding diaryl/α,β-unsaturated/α-hetero) is 1. The first-order valence-corrected chi connectivity index (χ1v) is 9.27. The summed E-state index contributed by atoms with van der Waals surface area (Å²) >= 11 is 0. The molecule has 0 bridgehead atoms. The van der Waals surface area contributed by atoms with Crippen LogP contribution >= 0.6 is 0 Å². The van der Waals surface area contributed by atoms with Crippen molar-refractivity contribution in [1.82, 2.24) is 9.97 Å². The highest BCUT2D eigenvalue weighted by Gasteiger charge is 2.29. The Bertz CT molecular complexity index is 1250. The van der Waals surface area contributed by atoms with Crippen LogP contribution in [0, 0.1) is 0 Å². The molecule has 4 aromatic rings. The van der Waals surface area contributed by atoms with Crippen molar-refractivity contribution in [3.8, 4) is 11.1 Å². The SMILES string of the molecule is CC(=O)c1ccccc1-c1ccc2nc(/C=C/c3ccc(C(F)(F)F)cc3)[nH]c2c1. The summed E-state index contributed by atoms with van der Waals surface area (Å²) in [5, 5.41) is 0. The predicted molar refractivity (Wildman–Crippen MR) is 112 cm³/mol. The van der Waals surface area contributed by atoms with Crippen LogP contribution in [0.5, 0.6) is 0 Å². The smallest absolute Gasteiger partial charge is 0.338 e. The molecule has 3 nitrogen and oxygen atoms in total. The second kappa shape index (κ2) is 7.63. The van der Waals surface area contributed by atoms with Crippen LogP contribution < -0.4 is 0 Å². The number of hydrogen-bond acceptors (Lipinski definition) is 2. The van der Waals surface area contributed by atoms with E-state index in [2.05, 4.69) is 9.97 Å². The first kappa shape index (κ1) is 19.6. The number of carbonyl (C=O) groups is 1. The number of imidazole rings is 1. The quantitative estimate of drug-likeness (QED) is 0.387. The average molecular weight is 406 g/mol. The van der Waals surface area contributed by atoms with Gasteiger partial charge in [0.05, 0.1) is 16.6 Å². The van der Waals surface area contributed by atoms with Gasteiger partial charge < -0.3 is 4.98 Å². The Morgan fingerprint density at radius 3 is 2.40 bits per heavy atom. The van der Waals surface area contributed by atoms with E-state index in [4.69, 9.17) is 0 Å². The zero-order valence-electron chi connectivity index (χ0n) is 16.0. The Kier molecular flexibility index (Phi) is 4.99. The highest BCUT2D eigenvalue weighted by molar-refractivity contribution is 6.01. The number of nitrogens with one attached hydrogen (secondary N) is 1. The average Bonchev–Trinajstić information content (AvgIpc) is 3.14. The highest BCUT2D eigenvalue weighted by atomic mass is 19.4. The standard InChI is InChI=1S/C24H17F3N2O/c1-15(30)19-4-2-3-5-20(19)17-9-12-21-22(14-17)29-23(28-21)13-8-16-6-10-18(11-7-16)24(25,26)27/h2-14H,1H3,(H,28,29)/b13-8+. The van der Waals surface area contributed by atoms with Gasteiger partial charge in [0, 0.05) is 5.56 Å². The van der Waals surface area contributed by atoms with Crippen molar-refractivity contribution >= 4 is 29.0 Å². The summed E-state index contributed by atoms with van der Waals surface area (Å²) in [7, 11) is 0. The molecule has 150 valence electrons. The molecule has 0 radical (unpaired) electrons. The van der Waals surface area contributed by atoms with Gasteiger partial charge in [0.15, 0.2) is 5.78 Å². The van der Waals surface area contributed by atoms with Crippen molar-refractivity contribution in [3.05, 3.63) is 89.2 Å². The van der Waals surface area contributed by atoms with Crippen LogP contribution in [0.1, 0.15) is 34.2 Å². The number of carbonyl (C=O) groups excluding carboxylic acids is 1. The van der Waals surface area contributed by atoms with E-state index in [0.29, 0.717) is 17.0 Å². The summed E-state index contributed by atoms with van der Waals surface area (Å²) in [5.74, 6) is 0.581. The number of ketones is 1. The second-order valence-corrected chi connectivity index (χ2v) is 6.91. The molecule has 1 N–H and O–H groups in total. The number of aromatic amines is 1. The van der Waals surface area contributed by atoms with Gasteiger partial charge in [-0.25, -0.2) is 4.98 Å². The van der Waals surface area contributed by atoms with Gasteiger partial charge in [-0.15, -0.1) is 0 Å². The van der Waals surface area contributed by atoms with E-state index in [1.807, 2.05) is 36.4 Å². The molecular weight excluding hydrogens is 389 g/mol. The third-order valence-corrected chi connectivity index (χ3v) is 4.79. The molecule has 0 unspecified atom stereocenters. The number of nitrogens with zero attached hydrogens (tertiary/aromatic N) is 1. The largest absolute Gasteiger partial charge is 0.416 e. The fourth-order valence-corrected chi connectivity index (χ4v) is 3.28. The summed E-state index contributed by atoms with van der Waals surface area (Å²) in [6, 6.07) is 18.1. The zero-order chi connectivity index (χ0) is 21.3. The van der Waals surface area contributed by atoms with Gasteiger partial charge in [-0.1, -0.05) is 48.5 Å². The Morgan fingerprint density at radius 2 is 1.70 bits per heavy atom. The highest BCUT2D eigenvalue weighted by Crippen LogP contribution is 2.30. The molecule has 0 atom stereocenters. The first-order chi connectivity index (χ1) is 14.3. The summed E-state index contributed by atoms with van der Waals surface area (Å²) in [4.78, 5) is 19.6. The van der Waals surface area contributed by atoms with Crippen LogP contribution in [0.15, 0.2) is 66.7 Å². The number of benzene rings is 3. The zero-order valence-corrected chi connectivity index (χ0v) is 16.0. The number of H-pyrrole nitrogens is 1. The molecule has 4 rings (SSSR count). The molecule has 6 heteroatoms. The Labute approximate surface area is 170 Å². The van der Waals surface area contributed by atoms with Gasteiger partial charge >= 0.3 is 6.18 Å². The van der Waals surface area contributed by atoms with Crippen LogP contribution in [0.25, 0.3) is 34.3 Å². The van der Waals surface area contributed by atoms with Crippen LogP contribution in [0.3, 0.4) is 0 Å². The number of alkyl halides is 3. The minimum Gasteiger partial charge on any atom is -0.338 e. The second-order valence-electron chi connectivity index (χ2n) is 6.91. The monoisotopic (exact) mass is 406 g/mol. The van der Waals surface area contributed by atoms with Gasteiger partial charge in [-0.05, 0) is 54.0 Å². The lowest BCUT2D eigenvalue weighted by atomic mass is 9.97. The molecular formula is C24H17F3N2O. The Hall–Kier alpha value is -3.67. The fraction of sp³-hybridized carbons (Fsp3) is 0.0833. The number of hydrogen-bond donors (Lipinski definition) is 1. The number of halogens is 3. The molecule has 0 aliphatic rings. The molecule has 0 fully saturated rings. The van der Waals surface area contributed by atoms with Gasteiger partial charge in [0.25, 0.3) is 0 Å². The molecule has 3 aromatic carbocycles. The molecule has 0 aliphatic carbocycles. The summed E-state index contributed by atoms with van der Waals surface area (Å²) < 4.78 is 38.0. The lowest BCUT2D eigenvalue weighted by Crippen LogP contribution is -2.03. The van der Waals surface area contributed by atoms with E-state index in [-0.39, 0.29) is 5.78 Å². The molecule has 30 heavy (non-hydrogen) atoms. The number of aromatic nitrogens is 2. The lowest BCUT2D eigenvalue weighted by molar-refractivity contribution is -0.137. The first-order valence-electron chi connectivity index (χ1n) is 9.27. The van der Waals surface area contributed by atoms with Crippen molar-refractivity contribution in [1.29, 1.82) is 0 Å². The van der Waals surface area contributed by atoms with E-state index >= 15 is 0 Å². The van der Waals surface area contributed by atoms with Crippen molar-refractivity contribution in [3.63, 3.8) is 0 Å². The summed E-state index contributed by atoms with van der Waals surface area (Å²) in [6.07, 6.45) is -0.935. The normalized spacial score (nSPS) is 12.0.